The van der Waals surface area contributed by atoms with E-state index in [9.17, 15) is 9.90 Å². The van der Waals surface area contributed by atoms with Crippen molar-refractivity contribution in [3.8, 4) is 22.9 Å². The number of carbonyl (C=O) groups is 1. The number of rotatable bonds is 10. The van der Waals surface area contributed by atoms with Crippen molar-refractivity contribution in [1.29, 1.82) is 0 Å². The minimum atomic E-state index is -0.858. The first-order valence-corrected chi connectivity index (χ1v) is 15.1. The van der Waals surface area contributed by atoms with E-state index in [4.69, 9.17) is 19.9 Å². The van der Waals surface area contributed by atoms with Gasteiger partial charge in [-0.05, 0) is 44.0 Å². The quantitative estimate of drug-likeness (QED) is 0.329. The molecule has 0 radical (unpaired) electrons. The van der Waals surface area contributed by atoms with Crippen LogP contribution in [0.15, 0.2) is 48.7 Å². The van der Waals surface area contributed by atoms with Crippen LogP contribution in [0.3, 0.4) is 0 Å². The van der Waals surface area contributed by atoms with Crippen molar-refractivity contribution in [2.24, 2.45) is 0 Å². The molecule has 3 N–H and O–H groups in total. The Kier molecular flexibility index (Phi) is 8.84. The number of benzene rings is 1. The second-order valence-corrected chi connectivity index (χ2v) is 11.6. The molecule has 3 saturated heterocycles. The standard InChI is InChI=1S/C31H40N8O5/c1-21-17-37(31(40)41)12-11-36(21)13-14-43-29-15-22(9-10-33-29)39-23-7-8-24(39)19-38(18-23)27-16-26(34-35-30(27)32)25-5-3-4-6-28(25)44-20-42-2/h3-6,9-10,15-16,21,23-24H,7-8,11-14,17-20H2,1-2H3,(H2,32,35)(H,40,41)/t21-,23?,24?/m1/s1. The highest BCUT2D eigenvalue weighted by Crippen LogP contribution is 2.39. The largest absolute Gasteiger partial charge is 0.476 e. The second kappa shape index (κ2) is 13.1. The summed E-state index contributed by atoms with van der Waals surface area (Å²) in [5, 5.41) is 18.0. The Balaban J connectivity index is 1.11. The SMILES string of the molecule is COCOc1ccccc1-c1cc(N2CC3CCC(C2)N3c2ccnc(OCCN3CCN(C(=O)O)C[C@H]3C)c2)c(N)nn1. The predicted molar refractivity (Wildman–Crippen MR) is 166 cm³/mol. The Hall–Kier alpha value is -4.36. The van der Waals surface area contributed by atoms with Crippen molar-refractivity contribution in [1.82, 2.24) is 25.0 Å². The summed E-state index contributed by atoms with van der Waals surface area (Å²) in [7, 11) is 1.59. The fourth-order valence-corrected chi connectivity index (χ4v) is 6.63. The van der Waals surface area contributed by atoms with Gasteiger partial charge in [-0.2, -0.15) is 0 Å². The molecule has 44 heavy (non-hydrogen) atoms. The van der Waals surface area contributed by atoms with Crippen LogP contribution in [-0.4, -0.2) is 114 Å². The van der Waals surface area contributed by atoms with Crippen LogP contribution in [0.25, 0.3) is 11.3 Å². The molecule has 0 spiro atoms. The molecule has 3 atom stereocenters. The number of nitrogens with zero attached hydrogens (tertiary/aromatic N) is 7. The third kappa shape index (κ3) is 6.29. The number of nitrogens with two attached hydrogens (primary N) is 1. The molecule has 0 saturated carbocycles. The third-order valence-corrected chi connectivity index (χ3v) is 8.80. The molecule has 234 valence electrons. The Morgan fingerprint density at radius 3 is 2.59 bits per heavy atom. The summed E-state index contributed by atoms with van der Waals surface area (Å²) in [5.74, 6) is 1.69. The van der Waals surface area contributed by atoms with Gasteiger partial charge >= 0.3 is 6.09 Å². The first-order valence-electron chi connectivity index (χ1n) is 15.1. The van der Waals surface area contributed by atoms with Crippen LogP contribution < -0.4 is 25.0 Å². The van der Waals surface area contributed by atoms with Gasteiger partial charge in [0.2, 0.25) is 5.88 Å². The molecule has 0 aliphatic carbocycles. The number of pyridine rings is 1. The van der Waals surface area contributed by atoms with Gasteiger partial charge in [0.05, 0.1) is 11.4 Å². The molecule has 5 heterocycles. The summed E-state index contributed by atoms with van der Waals surface area (Å²) in [6.07, 6.45) is 3.12. The molecule has 3 aliphatic heterocycles. The zero-order valence-electron chi connectivity index (χ0n) is 25.2. The fraction of sp³-hybridized carbons (Fsp3) is 0.484. The molecular formula is C31H40N8O5. The number of para-hydroxylation sites is 1. The first-order chi connectivity index (χ1) is 21.4. The van der Waals surface area contributed by atoms with Gasteiger partial charge in [0.25, 0.3) is 0 Å². The Morgan fingerprint density at radius 1 is 1.05 bits per heavy atom. The Labute approximate surface area is 257 Å². The lowest BCUT2D eigenvalue weighted by atomic mass is 10.1. The summed E-state index contributed by atoms with van der Waals surface area (Å²) >= 11 is 0. The lowest BCUT2D eigenvalue weighted by molar-refractivity contribution is 0.0515. The molecule has 6 rings (SSSR count). The number of hydrogen-bond donors (Lipinski definition) is 2. The number of amides is 1. The summed E-state index contributed by atoms with van der Waals surface area (Å²) in [4.78, 5) is 24.3. The number of carboxylic acid groups (broad SMARTS) is 1. The van der Waals surface area contributed by atoms with Crippen molar-refractivity contribution < 1.29 is 24.1 Å². The maximum Gasteiger partial charge on any atom is 0.407 e. The van der Waals surface area contributed by atoms with Crippen LogP contribution in [0.2, 0.25) is 0 Å². The molecule has 2 bridgehead atoms. The minimum absolute atomic E-state index is 0.143. The van der Waals surface area contributed by atoms with Crippen molar-refractivity contribution in [2.45, 2.75) is 37.9 Å². The normalized spacial score (nSPS) is 21.9. The van der Waals surface area contributed by atoms with E-state index in [1.165, 1.54) is 4.90 Å². The van der Waals surface area contributed by atoms with Crippen LogP contribution >= 0.6 is 0 Å². The molecule has 13 nitrogen and oxygen atoms in total. The topological polar surface area (TPSA) is 143 Å². The number of hydrogen-bond acceptors (Lipinski definition) is 11. The lowest BCUT2D eigenvalue weighted by Gasteiger charge is -2.43. The fourth-order valence-electron chi connectivity index (χ4n) is 6.63. The van der Waals surface area contributed by atoms with Crippen LogP contribution in [0.4, 0.5) is 22.0 Å². The van der Waals surface area contributed by atoms with Crippen molar-refractivity contribution in [3.63, 3.8) is 0 Å². The van der Waals surface area contributed by atoms with Gasteiger partial charge in [-0.25, -0.2) is 9.78 Å². The van der Waals surface area contributed by atoms with Crippen molar-refractivity contribution in [3.05, 3.63) is 48.7 Å². The maximum atomic E-state index is 11.3. The van der Waals surface area contributed by atoms with E-state index in [-0.39, 0.29) is 12.8 Å². The van der Waals surface area contributed by atoms with Gasteiger partial charge in [-0.15, -0.1) is 10.2 Å². The lowest BCUT2D eigenvalue weighted by Crippen LogP contribution is -2.54. The average Bonchev–Trinajstić information content (AvgIpc) is 3.30. The highest BCUT2D eigenvalue weighted by Gasteiger charge is 2.41. The van der Waals surface area contributed by atoms with Gasteiger partial charge < -0.3 is 39.8 Å². The summed E-state index contributed by atoms with van der Waals surface area (Å²) in [6.45, 7) is 6.75. The molecule has 3 aromatic rings. The number of anilines is 3. The summed E-state index contributed by atoms with van der Waals surface area (Å²) in [6, 6.07) is 14.6. The highest BCUT2D eigenvalue weighted by molar-refractivity contribution is 5.75. The van der Waals surface area contributed by atoms with Gasteiger partial charge in [0, 0.05) is 88.0 Å². The van der Waals surface area contributed by atoms with E-state index < -0.39 is 6.09 Å². The van der Waals surface area contributed by atoms with Gasteiger partial charge in [-0.1, -0.05) is 12.1 Å². The predicted octanol–water partition coefficient (Wildman–Crippen LogP) is 3.02. The number of aromatic nitrogens is 3. The van der Waals surface area contributed by atoms with Gasteiger partial charge in [0.15, 0.2) is 12.6 Å². The zero-order chi connectivity index (χ0) is 30.6. The number of piperazine rings is 2. The smallest absolute Gasteiger partial charge is 0.407 e. The zero-order valence-corrected chi connectivity index (χ0v) is 25.2. The second-order valence-electron chi connectivity index (χ2n) is 11.6. The maximum absolute atomic E-state index is 11.3. The number of nitrogen functional groups attached to an aromatic ring is 1. The van der Waals surface area contributed by atoms with E-state index in [1.54, 1.807) is 7.11 Å². The van der Waals surface area contributed by atoms with E-state index in [1.807, 2.05) is 42.6 Å². The van der Waals surface area contributed by atoms with Crippen LogP contribution in [0.5, 0.6) is 11.6 Å². The van der Waals surface area contributed by atoms with E-state index in [0.717, 1.165) is 49.4 Å². The van der Waals surface area contributed by atoms with Crippen molar-refractivity contribution >= 4 is 23.3 Å². The Bertz CT molecular complexity index is 1450. The number of methoxy groups -OCH3 is 1. The average molecular weight is 605 g/mol. The monoisotopic (exact) mass is 604 g/mol. The molecule has 2 unspecified atom stereocenters. The summed E-state index contributed by atoms with van der Waals surface area (Å²) in [5.41, 5.74) is 9.91. The molecule has 13 heteroatoms. The van der Waals surface area contributed by atoms with Crippen LogP contribution in [0.1, 0.15) is 19.8 Å². The van der Waals surface area contributed by atoms with E-state index in [2.05, 4.69) is 42.9 Å². The van der Waals surface area contributed by atoms with Crippen molar-refractivity contribution in [2.75, 3.05) is 75.3 Å². The summed E-state index contributed by atoms with van der Waals surface area (Å²) < 4.78 is 16.9. The van der Waals surface area contributed by atoms with E-state index in [0.29, 0.717) is 61.5 Å². The third-order valence-electron chi connectivity index (χ3n) is 8.80. The first kappa shape index (κ1) is 29.7. The van der Waals surface area contributed by atoms with E-state index >= 15 is 0 Å². The molecule has 3 aliphatic rings. The van der Waals surface area contributed by atoms with Crippen LogP contribution in [-0.2, 0) is 4.74 Å². The Morgan fingerprint density at radius 2 is 1.84 bits per heavy atom. The number of fused-ring (bicyclic) bond motifs is 2. The molecule has 1 amide bonds. The molecule has 2 aromatic heterocycles. The highest BCUT2D eigenvalue weighted by atomic mass is 16.7. The minimum Gasteiger partial charge on any atom is -0.476 e. The van der Waals surface area contributed by atoms with Crippen LogP contribution in [0, 0.1) is 0 Å². The molecule has 1 aromatic carbocycles. The van der Waals surface area contributed by atoms with Gasteiger partial charge in [-0.3, -0.25) is 4.90 Å². The number of ether oxygens (including phenoxy) is 3. The van der Waals surface area contributed by atoms with Gasteiger partial charge in [0.1, 0.15) is 12.4 Å². The molecular weight excluding hydrogens is 564 g/mol. The molecule has 3 fully saturated rings.